The van der Waals surface area contributed by atoms with E-state index in [4.69, 9.17) is 22.6 Å². The number of aryl methyl sites for hydroxylation is 1. The van der Waals surface area contributed by atoms with E-state index in [-0.39, 0.29) is 25.5 Å². The fourth-order valence-electron chi connectivity index (χ4n) is 5.33. The van der Waals surface area contributed by atoms with Crippen molar-refractivity contribution in [3.63, 3.8) is 0 Å². The van der Waals surface area contributed by atoms with E-state index >= 15 is 0 Å². The summed E-state index contributed by atoms with van der Waals surface area (Å²) in [5.41, 5.74) is 13.1. The normalized spacial score (nSPS) is 26.8. The molecule has 9 heteroatoms. The Morgan fingerprint density at radius 3 is 2.50 bits per heavy atom. The van der Waals surface area contributed by atoms with Crippen LogP contribution in [0.15, 0.2) is 42.5 Å². The average molecular weight is 464 g/mol. The zero-order valence-electron chi connectivity index (χ0n) is 18.9. The Bertz CT molecular complexity index is 1200. The van der Waals surface area contributed by atoms with Gasteiger partial charge in [0.1, 0.15) is 24.9 Å². The molecule has 2 aromatic rings. The smallest absolute Gasteiger partial charge is 0.387 e. The molecule has 0 radical (unpaired) electrons. The summed E-state index contributed by atoms with van der Waals surface area (Å²) >= 11 is 0. The number of urea groups is 1. The third-order valence-corrected chi connectivity index (χ3v) is 6.88. The number of carbonyl (C=O) groups is 3. The van der Waals surface area contributed by atoms with Crippen molar-refractivity contribution in [1.82, 2.24) is 4.48 Å². The minimum Gasteiger partial charge on any atom is -0.387 e. The number of hydrogen-bond donors (Lipinski definition) is 3. The van der Waals surface area contributed by atoms with Crippen LogP contribution in [-0.2, 0) is 19.9 Å². The van der Waals surface area contributed by atoms with Crippen LogP contribution in [0.3, 0.4) is 0 Å². The second-order valence-electron chi connectivity index (χ2n) is 8.70. The maximum atomic E-state index is 13.2. The molecule has 2 fully saturated rings. The van der Waals surface area contributed by atoms with E-state index in [1.807, 2.05) is 6.92 Å². The standard InChI is InChI=1S/C25H26N4O5/c1-3-17-4-7-19(8-5-17)29(24(27)33)14-20(30)13-25(29,23(26)32)18-6-9-21(16(2)12-18)28-10-11-34-15-22(28)31/h1,4-9,12,20,30H,10-11,13-15H2,2H3,(H3-,26,27,32,33)/p+1/t20-,25-,29?/m1/s1. The molecular weight excluding hydrogens is 436 g/mol. The molecule has 4 amide bonds. The zero-order chi connectivity index (χ0) is 24.7. The second kappa shape index (κ2) is 8.57. The molecule has 2 aromatic carbocycles. The van der Waals surface area contributed by atoms with Gasteiger partial charge in [-0.2, -0.15) is 4.48 Å². The predicted octanol–water partition coefficient (Wildman–Crippen LogP) is 0.871. The fourth-order valence-corrected chi connectivity index (χ4v) is 5.33. The SMILES string of the molecule is C#Cc1ccc([N+]2(C(N)=O)C[C@H](O)C[C@]2(C(N)=O)c2ccc(N3CCOCC3=O)c(C)c2)cc1. The highest BCUT2D eigenvalue weighted by Gasteiger charge is 2.68. The molecule has 2 aliphatic rings. The van der Waals surface area contributed by atoms with Crippen LogP contribution in [0.5, 0.6) is 0 Å². The van der Waals surface area contributed by atoms with Gasteiger partial charge in [-0.25, -0.2) is 4.79 Å². The number of morpholine rings is 1. The van der Waals surface area contributed by atoms with Crippen LogP contribution in [0.25, 0.3) is 0 Å². The molecular formula is C25H27N4O5+. The third kappa shape index (κ3) is 3.35. The number of primary amides is 2. The molecule has 5 N–H and O–H groups in total. The maximum absolute atomic E-state index is 13.2. The van der Waals surface area contributed by atoms with Gasteiger partial charge in [-0.1, -0.05) is 12.0 Å². The van der Waals surface area contributed by atoms with Crippen LogP contribution in [-0.4, -0.2) is 55.4 Å². The van der Waals surface area contributed by atoms with Crippen LogP contribution >= 0.6 is 0 Å². The summed E-state index contributed by atoms with van der Waals surface area (Å²) in [6.07, 6.45) is 4.35. The van der Waals surface area contributed by atoms with Gasteiger partial charge >= 0.3 is 6.03 Å². The number of aliphatic hydroxyl groups excluding tert-OH is 1. The third-order valence-electron chi connectivity index (χ3n) is 6.88. The highest BCUT2D eigenvalue weighted by atomic mass is 16.5. The molecule has 0 aromatic heterocycles. The Morgan fingerprint density at radius 2 is 1.94 bits per heavy atom. The number of nitrogens with zero attached hydrogens (tertiary/aromatic N) is 2. The summed E-state index contributed by atoms with van der Waals surface area (Å²) in [5.74, 6) is 1.55. The molecule has 2 aliphatic heterocycles. The number of nitrogens with two attached hydrogens (primary N) is 2. The largest absolute Gasteiger partial charge is 0.420 e. The minimum absolute atomic E-state index is 0.00602. The summed E-state index contributed by atoms with van der Waals surface area (Å²) in [6.45, 7) is 2.49. The highest BCUT2D eigenvalue weighted by Crippen LogP contribution is 2.49. The van der Waals surface area contributed by atoms with Crippen molar-refractivity contribution in [3.8, 4) is 12.3 Å². The van der Waals surface area contributed by atoms with Crippen molar-refractivity contribution in [3.05, 3.63) is 59.2 Å². The topological polar surface area (TPSA) is 136 Å². The predicted molar refractivity (Wildman–Crippen MR) is 126 cm³/mol. The Morgan fingerprint density at radius 1 is 1.24 bits per heavy atom. The average Bonchev–Trinajstić information content (AvgIpc) is 3.15. The number of carbonyl (C=O) groups excluding carboxylic acids is 3. The molecule has 4 rings (SSSR count). The quantitative estimate of drug-likeness (QED) is 0.457. The number of quaternary nitrogens is 1. The van der Waals surface area contributed by atoms with Crippen molar-refractivity contribution in [2.45, 2.75) is 25.0 Å². The van der Waals surface area contributed by atoms with Crippen LogP contribution in [0.4, 0.5) is 16.2 Å². The van der Waals surface area contributed by atoms with Gasteiger partial charge in [-0.05, 0) is 36.8 Å². The van der Waals surface area contributed by atoms with Crippen LogP contribution in [0, 0.1) is 19.3 Å². The lowest BCUT2D eigenvalue weighted by Crippen LogP contribution is -2.70. The first-order chi connectivity index (χ1) is 16.2. The first kappa shape index (κ1) is 23.4. The summed E-state index contributed by atoms with van der Waals surface area (Å²) in [6, 6.07) is 10.8. The zero-order valence-corrected chi connectivity index (χ0v) is 18.9. The summed E-state index contributed by atoms with van der Waals surface area (Å²) in [7, 11) is 0. The highest BCUT2D eigenvalue weighted by molar-refractivity contribution is 6.00. The number of terminal acetylenes is 1. The van der Waals surface area contributed by atoms with Gasteiger partial charge in [0.15, 0.2) is 0 Å². The maximum Gasteiger partial charge on any atom is 0.420 e. The van der Waals surface area contributed by atoms with Crippen LogP contribution < -0.4 is 20.9 Å². The van der Waals surface area contributed by atoms with E-state index in [1.165, 1.54) is 0 Å². The molecule has 34 heavy (non-hydrogen) atoms. The van der Waals surface area contributed by atoms with Gasteiger partial charge in [0, 0.05) is 41.9 Å². The van der Waals surface area contributed by atoms with Gasteiger partial charge < -0.3 is 26.2 Å². The second-order valence-corrected chi connectivity index (χ2v) is 8.70. The van der Waals surface area contributed by atoms with Crippen molar-refractivity contribution in [2.24, 2.45) is 11.5 Å². The Labute approximate surface area is 197 Å². The summed E-state index contributed by atoms with van der Waals surface area (Å²) < 4.78 is 4.53. The molecule has 2 heterocycles. The molecule has 9 nitrogen and oxygen atoms in total. The molecule has 3 atom stereocenters. The molecule has 0 aliphatic carbocycles. The van der Waals surface area contributed by atoms with E-state index in [0.717, 1.165) is 0 Å². The van der Waals surface area contributed by atoms with Gasteiger partial charge in [-0.15, -0.1) is 6.42 Å². The van der Waals surface area contributed by atoms with E-state index in [1.54, 1.807) is 47.4 Å². The molecule has 0 spiro atoms. The molecule has 0 saturated carbocycles. The number of likely N-dealkylation sites (tertiary alicyclic amines) is 1. The Balaban J connectivity index is 1.92. The van der Waals surface area contributed by atoms with Crippen molar-refractivity contribution >= 4 is 29.2 Å². The number of anilines is 1. The van der Waals surface area contributed by atoms with Gasteiger partial charge in [0.25, 0.3) is 11.8 Å². The number of aliphatic hydroxyl groups is 1. The first-order valence-corrected chi connectivity index (χ1v) is 10.9. The van der Waals surface area contributed by atoms with Crippen molar-refractivity contribution in [1.29, 1.82) is 0 Å². The molecule has 2 saturated heterocycles. The molecule has 0 bridgehead atoms. The molecule has 1 unspecified atom stereocenters. The Kier molecular flexibility index (Phi) is 5.91. The van der Waals surface area contributed by atoms with Gasteiger partial charge in [0.05, 0.1) is 6.61 Å². The number of ether oxygens (including phenoxy) is 1. The lowest BCUT2D eigenvalue weighted by atomic mass is 9.82. The van der Waals surface area contributed by atoms with E-state index < -0.39 is 28.1 Å². The van der Waals surface area contributed by atoms with Crippen LogP contribution in [0.2, 0.25) is 0 Å². The minimum atomic E-state index is -1.67. The molecule has 176 valence electrons. The van der Waals surface area contributed by atoms with E-state index in [0.29, 0.717) is 41.2 Å². The number of benzene rings is 2. The number of rotatable bonds is 4. The van der Waals surface area contributed by atoms with Gasteiger partial charge in [0.2, 0.25) is 5.54 Å². The van der Waals surface area contributed by atoms with E-state index in [2.05, 4.69) is 5.92 Å². The van der Waals surface area contributed by atoms with Crippen LogP contribution in [0.1, 0.15) is 23.1 Å². The fraction of sp³-hybridized carbons (Fsp3) is 0.320. The summed E-state index contributed by atoms with van der Waals surface area (Å²) in [4.78, 5) is 40.3. The number of hydrogen-bond acceptors (Lipinski definition) is 5. The monoisotopic (exact) mass is 463 g/mol. The van der Waals surface area contributed by atoms with Crippen molar-refractivity contribution in [2.75, 3.05) is 31.2 Å². The lowest BCUT2D eigenvalue weighted by Gasteiger charge is -2.43. The van der Waals surface area contributed by atoms with Gasteiger partial charge in [-0.3, -0.25) is 9.59 Å². The Hall–Kier alpha value is -3.71. The lowest BCUT2D eigenvalue weighted by molar-refractivity contribution is -0.127. The first-order valence-electron chi connectivity index (χ1n) is 10.9. The van der Waals surface area contributed by atoms with E-state index in [9.17, 15) is 19.5 Å². The number of amides is 4. The van der Waals surface area contributed by atoms with Crippen molar-refractivity contribution < 1.29 is 24.2 Å². The summed E-state index contributed by atoms with van der Waals surface area (Å²) in [5, 5.41) is 10.8.